The van der Waals surface area contributed by atoms with Crippen LogP contribution in [-0.2, 0) is 4.74 Å². The van der Waals surface area contributed by atoms with Crippen molar-refractivity contribution in [1.82, 2.24) is 0 Å². The summed E-state index contributed by atoms with van der Waals surface area (Å²) in [5.41, 5.74) is 1.69. The van der Waals surface area contributed by atoms with Crippen molar-refractivity contribution in [1.29, 1.82) is 5.26 Å². The highest BCUT2D eigenvalue weighted by Crippen LogP contribution is 2.04. The minimum absolute atomic E-state index is 0.671. The molecule has 2 nitrogen and oxygen atoms in total. The predicted molar refractivity (Wildman–Crippen MR) is 47.2 cm³/mol. The molecule has 1 rings (SSSR count). The average molecular weight is 159 g/mol. The molecule has 0 saturated heterocycles. The molecule has 0 aromatic heterocycles. The van der Waals surface area contributed by atoms with Crippen LogP contribution < -0.4 is 0 Å². The Kier molecular flexibility index (Phi) is 2.92. The van der Waals surface area contributed by atoms with Gasteiger partial charge < -0.3 is 4.74 Å². The summed E-state index contributed by atoms with van der Waals surface area (Å²) in [5, 5.41) is 8.51. The minimum Gasteiger partial charge on any atom is -0.504 e. The maximum Gasteiger partial charge on any atom is 0.0991 e. The Labute approximate surface area is 71.7 Å². The van der Waals surface area contributed by atoms with Gasteiger partial charge in [0.2, 0.25) is 0 Å². The van der Waals surface area contributed by atoms with E-state index in [1.165, 1.54) is 0 Å². The molecule has 0 N–H and O–H groups in total. The first-order chi connectivity index (χ1) is 5.86. The summed E-state index contributed by atoms with van der Waals surface area (Å²) in [6.07, 6.45) is 3.43. The van der Waals surface area contributed by atoms with Crippen LogP contribution in [0.2, 0.25) is 0 Å². The van der Waals surface area contributed by atoms with Crippen LogP contribution in [0.5, 0.6) is 0 Å². The van der Waals surface area contributed by atoms with Gasteiger partial charge in [0, 0.05) is 0 Å². The molecule has 0 fully saturated rings. The number of methoxy groups -OCH3 is 1. The Morgan fingerprint density at radius 1 is 1.33 bits per heavy atom. The number of rotatable bonds is 2. The van der Waals surface area contributed by atoms with Crippen LogP contribution in [0.1, 0.15) is 11.1 Å². The molecule has 0 spiro atoms. The molecule has 0 aliphatic rings. The molecule has 0 aliphatic carbocycles. The van der Waals surface area contributed by atoms with Crippen LogP contribution in [0.25, 0.3) is 6.08 Å². The van der Waals surface area contributed by atoms with Gasteiger partial charge in [-0.1, -0.05) is 12.1 Å². The van der Waals surface area contributed by atoms with Crippen LogP contribution in [0.4, 0.5) is 0 Å². The Balaban J connectivity index is 2.80. The standard InChI is InChI=1S/C10H9NO/c1-12-7-6-9-2-4-10(8-11)5-3-9/h2-7H,1H3/b7-6+. The lowest BCUT2D eigenvalue weighted by Crippen LogP contribution is -1.75. The van der Waals surface area contributed by atoms with Crippen molar-refractivity contribution in [2.75, 3.05) is 7.11 Å². The molecule has 0 bridgehead atoms. The van der Waals surface area contributed by atoms with Gasteiger partial charge in [-0.3, -0.25) is 0 Å². The topological polar surface area (TPSA) is 33.0 Å². The van der Waals surface area contributed by atoms with Crippen LogP contribution in [-0.4, -0.2) is 7.11 Å². The molecule has 0 radical (unpaired) electrons. The van der Waals surface area contributed by atoms with Gasteiger partial charge in [0.1, 0.15) is 0 Å². The first-order valence-electron chi connectivity index (χ1n) is 3.56. The molecular formula is C10H9NO. The minimum atomic E-state index is 0.671. The Bertz CT molecular complexity index is 306. The van der Waals surface area contributed by atoms with Crippen molar-refractivity contribution in [3.63, 3.8) is 0 Å². The van der Waals surface area contributed by atoms with E-state index in [1.807, 2.05) is 18.2 Å². The molecule has 12 heavy (non-hydrogen) atoms. The first kappa shape index (κ1) is 8.35. The molecule has 2 heteroatoms. The van der Waals surface area contributed by atoms with Crippen molar-refractivity contribution < 1.29 is 4.74 Å². The second-order valence-electron chi connectivity index (χ2n) is 2.27. The van der Waals surface area contributed by atoms with Crippen LogP contribution in [0, 0.1) is 11.3 Å². The fourth-order valence-electron chi connectivity index (χ4n) is 0.815. The van der Waals surface area contributed by atoms with Crippen molar-refractivity contribution >= 4 is 6.08 Å². The van der Waals surface area contributed by atoms with Gasteiger partial charge in [0.05, 0.1) is 25.0 Å². The summed E-state index contributed by atoms with van der Waals surface area (Å²) in [6, 6.07) is 9.34. The second-order valence-corrected chi connectivity index (χ2v) is 2.27. The molecular weight excluding hydrogens is 150 g/mol. The molecule has 0 aliphatic heterocycles. The highest BCUT2D eigenvalue weighted by Gasteiger charge is 1.88. The predicted octanol–water partition coefficient (Wildman–Crippen LogP) is 2.18. The fourth-order valence-corrected chi connectivity index (χ4v) is 0.815. The van der Waals surface area contributed by atoms with Gasteiger partial charge in [-0.25, -0.2) is 0 Å². The van der Waals surface area contributed by atoms with E-state index in [4.69, 9.17) is 10.00 Å². The molecule has 1 aromatic carbocycles. The molecule has 0 amide bonds. The Morgan fingerprint density at radius 2 is 2.00 bits per heavy atom. The second kappa shape index (κ2) is 4.20. The lowest BCUT2D eigenvalue weighted by molar-refractivity contribution is 0.341. The monoisotopic (exact) mass is 159 g/mol. The van der Waals surface area contributed by atoms with Crippen molar-refractivity contribution in [3.05, 3.63) is 41.7 Å². The summed E-state index contributed by atoms with van der Waals surface area (Å²) in [6.45, 7) is 0. The van der Waals surface area contributed by atoms with E-state index in [9.17, 15) is 0 Å². The number of hydrogen-bond donors (Lipinski definition) is 0. The smallest absolute Gasteiger partial charge is 0.0991 e. The third-order valence-electron chi connectivity index (χ3n) is 1.44. The van der Waals surface area contributed by atoms with Gasteiger partial charge in [0.25, 0.3) is 0 Å². The highest BCUT2D eigenvalue weighted by atomic mass is 16.5. The zero-order valence-electron chi connectivity index (χ0n) is 6.82. The van der Waals surface area contributed by atoms with E-state index in [0.717, 1.165) is 5.56 Å². The summed E-state index contributed by atoms with van der Waals surface area (Å²) in [5.74, 6) is 0. The third-order valence-corrected chi connectivity index (χ3v) is 1.44. The van der Waals surface area contributed by atoms with Gasteiger partial charge in [-0.2, -0.15) is 5.26 Å². The molecule has 1 aromatic rings. The van der Waals surface area contributed by atoms with Crippen LogP contribution in [0.15, 0.2) is 30.5 Å². The fraction of sp³-hybridized carbons (Fsp3) is 0.100. The number of benzene rings is 1. The van der Waals surface area contributed by atoms with E-state index >= 15 is 0 Å². The SMILES string of the molecule is CO/C=C/c1ccc(C#N)cc1. The third kappa shape index (κ3) is 2.14. The molecule has 0 atom stereocenters. The highest BCUT2D eigenvalue weighted by molar-refractivity contribution is 5.49. The van der Waals surface area contributed by atoms with Crippen molar-refractivity contribution in [3.8, 4) is 6.07 Å². The molecule has 60 valence electrons. The largest absolute Gasteiger partial charge is 0.504 e. The van der Waals surface area contributed by atoms with E-state index in [2.05, 4.69) is 6.07 Å². The van der Waals surface area contributed by atoms with Gasteiger partial charge in [-0.05, 0) is 23.8 Å². The average Bonchev–Trinajstić information content (AvgIpc) is 2.15. The van der Waals surface area contributed by atoms with Crippen molar-refractivity contribution in [2.45, 2.75) is 0 Å². The molecule has 0 saturated carbocycles. The summed E-state index contributed by atoms with van der Waals surface area (Å²) in [4.78, 5) is 0. The van der Waals surface area contributed by atoms with E-state index in [1.54, 1.807) is 25.5 Å². The number of ether oxygens (including phenoxy) is 1. The van der Waals surface area contributed by atoms with Gasteiger partial charge in [0.15, 0.2) is 0 Å². The normalized spacial score (nSPS) is 9.67. The Morgan fingerprint density at radius 3 is 2.50 bits per heavy atom. The van der Waals surface area contributed by atoms with Gasteiger partial charge >= 0.3 is 0 Å². The van der Waals surface area contributed by atoms with E-state index < -0.39 is 0 Å². The van der Waals surface area contributed by atoms with Crippen LogP contribution >= 0.6 is 0 Å². The molecule has 0 unspecified atom stereocenters. The van der Waals surface area contributed by atoms with Crippen molar-refractivity contribution in [2.24, 2.45) is 0 Å². The van der Waals surface area contributed by atoms with E-state index in [-0.39, 0.29) is 0 Å². The maximum absolute atomic E-state index is 8.51. The Hall–Kier alpha value is -1.75. The first-order valence-corrected chi connectivity index (χ1v) is 3.56. The molecule has 0 heterocycles. The summed E-state index contributed by atoms with van der Waals surface area (Å²) in [7, 11) is 1.60. The van der Waals surface area contributed by atoms with E-state index in [0.29, 0.717) is 5.56 Å². The number of nitriles is 1. The van der Waals surface area contributed by atoms with Gasteiger partial charge in [-0.15, -0.1) is 0 Å². The lowest BCUT2D eigenvalue weighted by Gasteiger charge is -1.92. The zero-order valence-corrected chi connectivity index (χ0v) is 6.82. The van der Waals surface area contributed by atoms with Crippen LogP contribution in [0.3, 0.4) is 0 Å². The summed E-state index contributed by atoms with van der Waals surface area (Å²) >= 11 is 0. The summed E-state index contributed by atoms with van der Waals surface area (Å²) < 4.78 is 4.76. The maximum atomic E-state index is 8.51. The quantitative estimate of drug-likeness (QED) is 0.619. The number of hydrogen-bond acceptors (Lipinski definition) is 2. The number of nitrogens with zero attached hydrogens (tertiary/aromatic N) is 1. The lowest BCUT2D eigenvalue weighted by atomic mass is 10.1. The zero-order chi connectivity index (χ0) is 8.81.